The number of nitrogens with one attached hydrogen (secondary N) is 1. The molecule has 0 radical (unpaired) electrons. The van der Waals surface area contributed by atoms with Gasteiger partial charge in [-0.3, -0.25) is 9.36 Å². The van der Waals surface area contributed by atoms with Gasteiger partial charge in [-0.15, -0.1) is 5.10 Å². The Balaban J connectivity index is 2.01. The molecular formula is C14H17N3O2S. The largest absolute Gasteiger partial charge is 0.343 e. The number of hydrogen-bond acceptors (Lipinski definition) is 4. The van der Waals surface area contributed by atoms with Crippen LogP contribution in [0.3, 0.4) is 0 Å². The number of thioether (sulfide) groups is 1. The summed E-state index contributed by atoms with van der Waals surface area (Å²) in [6.45, 7) is 4.23. The summed E-state index contributed by atoms with van der Waals surface area (Å²) in [7, 11) is 1.62. The average molecular weight is 291 g/mol. The Hall–Kier alpha value is -1.82. The van der Waals surface area contributed by atoms with Crippen LogP contribution in [-0.2, 0) is 7.05 Å². The van der Waals surface area contributed by atoms with E-state index >= 15 is 0 Å². The first-order chi connectivity index (χ1) is 9.49. The van der Waals surface area contributed by atoms with Gasteiger partial charge >= 0.3 is 5.69 Å². The summed E-state index contributed by atoms with van der Waals surface area (Å²) >= 11 is 1.25. The van der Waals surface area contributed by atoms with E-state index in [2.05, 4.69) is 24.0 Å². The molecule has 0 aliphatic carbocycles. The van der Waals surface area contributed by atoms with Gasteiger partial charge in [-0.25, -0.2) is 9.89 Å². The molecule has 1 aromatic carbocycles. The molecule has 0 spiro atoms. The Morgan fingerprint density at radius 1 is 1.35 bits per heavy atom. The maximum Gasteiger partial charge on any atom is 0.343 e. The van der Waals surface area contributed by atoms with Gasteiger partial charge in [0.05, 0.1) is 5.75 Å². The van der Waals surface area contributed by atoms with Crippen LogP contribution in [-0.4, -0.2) is 26.3 Å². The minimum absolute atomic E-state index is 0.0285. The Kier molecular flexibility index (Phi) is 4.44. The van der Waals surface area contributed by atoms with E-state index in [9.17, 15) is 9.59 Å². The summed E-state index contributed by atoms with van der Waals surface area (Å²) < 4.78 is 1.39. The van der Waals surface area contributed by atoms with E-state index in [1.165, 1.54) is 21.9 Å². The van der Waals surface area contributed by atoms with E-state index in [0.717, 1.165) is 0 Å². The third-order valence-corrected chi connectivity index (χ3v) is 4.10. The maximum atomic E-state index is 12.1. The quantitative estimate of drug-likeness (QED) is 0.677. The second kappa shape index (κ2) is 6.09. The van der Waals surface area contributed by atoms with Gasteiger partial charge in [0.25, 0.3) is 0 Å². The lowest BCUT2D eigenvalue weighted by atomic mass is 10.0. The standard InChI is InChI=1S/C14H17N3O2S/c1-9(2)10-4-6-11(7-5-10)12(18)8-20-14-16-15-13(19)17(14)3/h4-7,9H,8H2,1-3H3,(H,15,19). The van der Waals surface area contributed by atoms with Crippen molar-refractivity contribution in [3.05, 3.63) is 45.9 Å². The third-order valence-electron chi connectivity index (χ3n) is 3.07. The Labute approximate surface area is 121 Å². The summed E-state index contributed by atoms with van der Waals surface area (Å²) in [6.07, 6.45) is 0. The van der Waals surface area contributed by atoms with E-state index in [1.807, 2.05) is 24.3 Å². The molecule has 2 rings (SSSR count). The predicted molar refractivity (Wildman–Crippen MR) is 79.4 cm³/mol. The SMILES string of the molecule is CC(C)c1ccc(C(=O)CSc2n[nH]c(=O)n2C)cc1. The van der Waals surface area contributed by atoms with Crippen LogP contribution in [0, 0.1) is 0 Å². The number of ketones is 1. The van der Waals surface area contributed by atoms with Crippen LogP contribution < -0.4 is 5.69 Å². The number of Topliss-reactive ketones (excluding diaryl/α,β-unsaturated/α-hetero) is 1. The smallest absolute Gasteiger partial charge is 0.293 e. The fraction of sp³-hybridized carbons (Fsp3) is 0.357. The van der Waals surface area contributed by atoms with Gasteiger partial charge < -0.3 is 0 Å². The highest BCUT2D eigenvalue weighted by Gasteiger charge is 2.11. The topological polar surface area (TPSA) is 67.8 Å². The fourth-order valence-electron chi connectivity index (χ4n) is 1.73. The first-order valence-corrected chi connectivity index (χ1v) is 7.35. The Morgan fingerprint density at radius 2 is 2.00 bits per heavy atom. The molecule has 0 saturated carbocycles. The summed E-state index contributed by atoms with van der Waals surface area (Å²) in [5.74, 6) is 0.743. The number of carbonyl (C=O) groups excluding carboxylic acids is 1. The summed E-state index contributed by atoms with van der Waals surface area (Å²) in [4.78, 5) is 23.3. The molecule has 0 aliphatic rings. The van der Waals surface area contributed by atoms with Gasteiger partial charge in [0.1, 0.15) is 0 Å². The van der Waals surface area contributed by atoms with Gasteiger partial charge in [0.2, 0.25) is 0 Å². The van der Waals surface area contributed by atoms with Gasteiger partial charge in [-0.05, 0) is 11.5 Å². The van der Waals surface area contributed by atoms with Crippen LogP contribution in [0.25, 0.3) is 0 Å². The molecular weight excluding hydrogens is 274 g/mol. The van der Waals surface area contributed by atoms with Gasteiger partial charge in [0.15, 0.2) is 10.9 Å². The zero-order chi connectivity index (χ0) is 14.7. The monoisotopic (exact) mass is 291 g/mol. The van der Waals surface area contributed by atoms with Crippen molar-refractivity contribution < 1.29 is 4.79 Å². The first kappa shape index (κ1) is 14.6. The van der Waals surface area contributed by atoms with Crippen molar-refractivity contribution in [3.8, 4) is 0 Å². The van der Waals surface area contributed by atoms with Crippen LogP contribution in [0.5, 0.6) is 0 Å². The number of nitrogens with zero attached hydrogens (tertiary/aromatic N) is 2. The lowest BCUT2D eigenvalue weighted by Gasteiger charge is -2.06. The molecule has 2 aromatic rings. The molecule has 1 N–H and O–H groups in total. The lowest BCUT2D eigenvalue weighted by Crippen LogP contribution is -2.13. The van der Waals surface area contributed by atoms with Crippen molar-refractivity contribution in [2.75, 3.05) is 5.75 Å². The number of hydrogen-bond donors (Lipinski definition) is 1. The van der Waals surface area contributed by atoms with Crippen molar-refractivity contribution in [3.63, 3.8) is 0 Å². The molecule has 5 nitrogen and oxygen atoms in total. The predicted octanol–water partition coefficient (Wildman–Crippen LogP) is 2.21. The van der Waals surface area contributed by atoms with E-state index in [-0.39, 0.29) is 17.2 Å². The van der Waals surface area contributed by atoms with E-state index in [4.69, 9.17) is 0 Å². The van der Waals surface area contributed by atoms with E-state index < -0.39 is 0 Å². The second-order valence-electron chi connectivity index (χ2n) is 4.86. The van der Waals surface area contributed by atoms with E-state index in [0.29, 0.717) is 16.6 Å². The molecule has 0 aliphatic heterocycles. The fourth-order valence-corrected chi connectivity index (χ4v) is 2.54. The average Bonchev–Trinajstić information content (AvgIpc) is 2.76. The van der Waals surface area contributed by atoms with Gasteiger partial charge in [-0.1, -0.05) is 49.9 Å². The van der Waals surface area contributed by atoms with Gasteiger partial charge in [-0.2, -0.15) is 0 Å². The number of benzene rings is 1. The molecule has 0 fully saturated rings. The molecule has 1 aromatic heterocycles. The zero-order valence-electron chi connectivity index (χ0n) is 11.7. The highest BCUT2D eigenvalue weighted by molar-refractivity contribution is 7.99. The van der Waals surface area contributed by atoms with Crippen LogP contribution in [0.15, 0.2) is 34.2 Å². The molecule has 0 atom stereocenters. The normalized spacial score (nSPS) is 11.0. The Bertz CT molecular complexity index is 656. The highest BCUT2D eigenvalue weighted by atomic mass is 32.2. The maximum absolute atomic E-state index is 12.1. The number of H-pyrrole nitrogens is 1. The van der Waals surface area contributed by atoms with Crippen LogP contribution >= 0.6 is 11.8 Å². The number of aromatic amines is 1. The van der Waals surface area contributed by atoms with Crippen molar-refractivity contribution in [2.24, 2.45) is 7.05 Å². The Morgan fingerprint density at radius 3 is 2.50 bits per heavy atom. The minimum atomic E-state index is -0.277. The number of rotatable bonds is 5. The van der Waals surface area contributed by atoms with Crippen molar-refractivity contribution in [2.45, 2.75) is 24.9 Å². The molecule has 0 bridgehead atoms. The molecule has 20 heavy (non-hydrogen) atoms. The molecule has 0 unspecified atom stereocenters. The molecule has 1 heterocycles. The van der Waals surface area contributed by atoms with Crippen LogP contribution in [0.1, 0.15) is 35.7 Å². The minimum Gasteiger partial charge on any atom is -0.293 e. The van der Waals surface area contributed by atoms with Crippen molar-refractivity contribution in [1.29, 1.82) is 0 Å². The van der Waals surface area contributed by atoms with Crippen molar-refractivity contribution in [1.82, 2.24) is 14.8 Å². The lowest BCUT2D eigenvalue weighted by molar-refractivity contribution is 0.102. The van der Waals surface area contributed by atoms with Crippen molar-refractivity contribution >= 4 is 17.5 Å². The summed E-state index contributed by atoms with van der Waals surface area (Å²) in [6, 6.07) is 7.66. The summed E-state index contributed by atoms with van der Waals surface area (Å²) in [5, 5.41) is 6.72. The van der Waals surface area contributed by atoms with Crippen LogP contribution in [0.4, 0.5) is 0 Å². The number of carbonyl (C=O) groups is 1. The van der Waals surface area contributed by atoms with Crippen LogP contribution in [0.2, 0.25) is 0 Å². The molecule has 106 valence electrons. The molecule has 6 heteroatoms. The summed E-state index contributed by atoms with van der Waals surface area (Å²) in [5.41, 5.74) is 1.62. The van der Waals surface area contributed by atoms with E-state index in [1.54, 1.807) is 7.05 Å². The molecule has 0 amide bonds. The zero-order valence-corrected chi connectivity index (χ0v) is 12.5. The second-order valence-corrected chi connectivity index (χ2v) is 5.80. The highest BCUT2D eigenvalue weighted by Crippen LogP contribution is 2.17. The van der Waals surface area contributed by atoms with Gasteiger partial charge in [0, 0.05) is 12.6 Å². The molecule has 0 saturated heterocycles. The first-order valence-electron chi connectivity index (χ1n) is 6.36. The number of aromatic nitrogens is 3. The third kappa shape index (κ3) is 3.19.